The van der Waals surface area contributed by atoms with E-state index in [1.807, 2.05) is 12.3 Å². The lowest BCUT2D eigenvalue weighted by Crippen LogP contribution is -2.22. The van der Waals surface area contributed by atoms with Gasteiger partial charge in [-0.1, -0.05) is 0 Å². The van der Waals surface area contributed by atoms with E-state index in [1.165, 1.54) is 12.4 Å². The van der Waals surface area contributed by atoms with Crippen LogP contribution < -0.4 is 15.4 Å². The average Bonchev–Trinajstić information content (AvgIpc) is 2.99. The molecule has 10 heteroatoms. The van der Waals surface area contributed by atoms with Gasteiger partial charge in [0, 0.05) is 21.9 Å². The van der Waals surface area contributed by atoms with E-state index in [-0.39, 0.29) is 11.8 Å². The topological polar surface area (TPSA) is 72.0 Å². The van der Waals surface area contributed by atoms with Gasteiger partial charge >= 0.3 is 6.61 Å². The summed E-state index contributed by atoms with van der Waals surface area (Å²) in [5.41, 5.74) is 0. The molecule has 1 aliphatic rings. The lowest BCUT2D eigenvalue weighted by molar-refractivity contribution is -0.0503. The number of halogens is 4. The molecule has 0 bridgehead atoms. The fourth-order valence-corrected chi connectivity index (χ4v) is 4.04. The van der Waals surface area contributed by atoms with Gasteiger partial charge in [0.05, 0.1) is 16.9 Å². The Bertz CT molecular complexity index is 722. The zero-order chi connectivity index (χ0) is 17.8. The zero-order valence-electron chi connectivity index (χ0n) is 12.9. The highest BCUT2D eigenvalue weighted by molar-refractivity contribution is 14.1. The van der Waals surface area contributed by atoms with Crippen LogP contribution in [-0.4, -0.2) is 33.6 Å². The number of aromatic nitrogens is 3. The van der Waals surface area contributed by atoms with Crippen molar-refractivity contribution in [3.8, 4) is 5.75 Å². The van der Waals surface area contributed by atoms with Crippen molar-refractivity contribution in [2.45, 2.75) is 38.0 Å². The molecule has 2 aromatic rings. The Labute approximate surface area is 165 Å². The molecule has 0 spiro atoms. The van der Waals surface area contributed by atoms with Gasteiger partial charge < -0.3 is 15.4 Å². The summed E-state index contributed by atoms with van der Waals surface area (Å²) in [4.78, 5) is 12.4. The number of alkyl halides is 2. The first-order valence-electron chi connectivity index (χ1n) is 7.60. The van der Waals surface area contributed by atoms with E-state index >= 15 is 0 Å². The summed E-state index contributed by atoms with van der Waals surface area (Å²) >= 11 is 5.73. The van der Waals surface area contributed by atoms with Gasteiger partial charge in [0.2, 0.25) is 5.95 Å². The third-order valence-corrected chi connectivity index (χ3v) is 4.96. The number of pyridine rings is 1. The van der Waals surface area contributed by atoms with Crippen LogP contribution in [0.3, 0.4) is 0 Å². The quantitative estimate of drug-likeness (QED) is 0.548. The minimum Gasteiger partial charge on any atom is -0.432 e. The summed E-state index contributed by atoms with van der Waals surface area (Å²) < 4.78 is 30.5. The molecule has 2 heterocycles. The van der Waals surface area contributed by atoms with Gasteiger partial charge in [0.25, 0.3) is 0 Å². The van der Waals surface area contributed by atoms with Crippen molar-refractivity contribution in [2.24, 2.45) is 0 Å². The summed E-state index contributed by atoms with van der Waals surface area (Å²) in [6, 6.07) is 2.52. The molecule has 1 saturated carbocycles. The Hall–Kier alpha value is -1.30. The van der Waals surface area contributed by atoms with Crippen molar-refractivity contribution < 1.29 is 13.5 Å². The number of rotatable bonds is 6. The van der Waals surface area contributed by atoms with Crippen LogP contribution >= 0.6 is 38.5 Å². The second-order valence-electron chi connectivity index (χ2n) is 5.60. The molecule has 25 heavy (non-hydrogen) atoms. The zero-order valence-corrected chi connectivity index (χ0v) is 16.7. The van der Waals surface area contributed by atoms with E-state index in [1.54, 1.807) is 0 Å². The first-order valence-corrected chi connectivity index (χ1v) is 9.48. The van der Waals surface area contributed by atoms with Gasteiger partial charge in [0.1, 0.15) is 5.82 Å². The van der Waals surface area contributed by atoms with Crippen molar-refractivity contribution in [1.82, 2.24) is 15.0 Å². The summed E-state index contributed by atoms with van der Waals surface area (Å²) in [6.07, 6.45) is 7.12. The number of nitrogens with zero attached hydrogens (tertiary/aromatic N) is 3. The normalized spacial score (nSPS) is 19.9. The molecular weight excluding hydrogens is 511 g/mol. The van der Waals surface area contributed by atoms with Gasteiger partial charge in [-0.25, -0.2) is 15.0 Å². The van der Waals surface area contributed by atoms with E-state index in [4.69, 9.17) is 0 Å². The standard InChI is InChI=1S/C15H15BrF2IN5O/c16-12-3-8(19)5-20-13(12)23-9-1-2-10(4-9)24-15-21-6-11(7-22-15)25-14(17)18/h3,5-7,9-10,14H,1-2,4H2,(H,20,23)(H,21,22,24)/t9-,10-/m0/s1. The summed E-state index contributed by atoms with van der Waals surface area (Å²) in [7, 11) is 0. The summed E-state index contributed by atoms with van der Waals surface area (Å²) in [5, 5.41) is 6.66. The molecule has 0 saturated heterocycles. The monoisotopic (exact) mass is 525 g/mol. The lowest BCUT2D eigenvalue weighted by atomic mass is 10.2. The molecule has 0 radical (unpaired) electrons. The van der Waals surface area contributed by atoms with Crippen LogP contribution in [0.2, 0.25) is 0 Å². The molecule has 1 fully saturated rings. The second-order valence-corrected chi connectivity index (χ2v) is 7.70. The Morgan fingerprint density at radius 2 is 1.80 bits per heavy atom. The maximum absolute atomic E-state index is 12.1. The Balaban J connectivity index is 1.52. The minimum atomic E-state index is -2.88. The van der Waals surface area contributed by atoms with Crippen LogP contribution in [0, 0.1) is 3.57 Å². The molecule has 0 aliphatic heterocycles. The molecule has 134 valence electrons. The Morgan fingerprint density at radius 1 is 1.12 bits per heavy atom. The van der Waals surface area contributed by atoms with Crippen molar-refractivity contribution in [3.63, 3.8) is 0 Å². The fourth-order valence-electron chi connectivity index (χ4n) is 2.69. The van der Waals surface area contributed by atoms with Gasteiger partial charge in [-0.15, -0.1) is 0 Å². The van der Waals surface area contributed by atoms with Crippen LogP contribution in [-0.2, 0) is 0 Å². The first-order chi connectivity index (χ1) is 12.0. The van der Waals surface area contributed by atoms with Crippen LogP contribution in [0.4, 0.5) is 20.5 Å². The highest BCUT2D eigenvalue weighted by Crippen LogP contribution is 2.28. The number of nitrogens with one attached hydrogen (secondary N) is 2. The van der Waals surface area contributed by atoms with Crippen molar-refractivity contribution in [1.29, 1.82) is 0 Å². The second kappa shape index (κ2) is 8.39. The van der Waals surface area contributed by atoms with Gasteiger partial charge in [-0.2, -0.15) is 8.78 Å². The number of anilines is 2. The molecule has 0 amide bonds. The Morgan fingerprint density at radius 3 is 2.44 bits per heavy atom. The lowest BCUT2D eigenvalue weighted by Gasteiger charge is -2.16. The SMILES string of the molecule is FC(F)Oc1cnc(N[C@H]2CC[C@H](Nc3ncc(I)cc3Br)C2)nc1. The fraction of sp³-hybridized carbons (Fsp3) is 0.400. The maximum Gasteiger partial charge on any atom is 0.387 e. The molecule has 6 nitrogen and oxygen atoms in total. The molecular formula is C15H15BrF2IN5O. The largest absolute Gasteiger partial charge is 0.432 e. The van der Waals surface area contributed by atoms with Crippen LogP contribution in [0.15, 0.2) is 29.1 Å². The molecule has 2 N–H and O–H groups in total. The molecule has 3 rings (SSSR count). The van der Waals surface area contributed by atoms with Gasteiger partial charge in [0.15, 0.2) is 5.75 Å². The van der Waals surface area contributed by atoms with Crippen molar-refractivity contribution in [3.05, 3.63) is 32.7 Å². The Kier molecular flexibility index (Phi) is 6.20. The predicted octanol–water partition coefficient (Wildman–Crippen LogP) is 4.29. The molecule has 2 aromatic heterocycles. The highest BCUT2D eigenvalue weighted by atomic mass is 127. The molecule has 0 unspecified atom stereocenters. The summed E-state index contributed by atoms with van der Waals surface area (Å²) in [6.45, 7) is -2.88. The highest BCUT2D eigenvalue weighted by Gasteiger charge is 2.26. The van der Waals surface area contributed by atoms with Gasteiger partial charge in [-0.3, -0.25) is 0 Å². The predicted molar refractivity (Wildman–Crippen MR) is 102 cm³/mol. The summed E-state index contributed by atoms with van der Waals surface area (Å²) in [5.74, 6) is 1.18. The average molecular weight is 526 g/mol. The van der Waals surface area contributed by atoms with E-state index < -0.39 is 6.61 Å². The number of hydrogen-bond acceptors (Lipinski definition) is 6. The molecule has 2 atom stereocenters. The van der Waals surface area contributed by atoms with Gasteiger partial charge in [-0.05, 0) is 63.8 Å². The van der Waals surface area contributed by atoms with Crippen molar-refractivity contribution >= 4 is 50.3 Å². The third kappa shape index (κ3) is 5.33. The van der Waals surface area contributed by atoms with Crippen molar-refractivity contribution in [2.75, 3.05) is 10.6 Å². The minimum absolute atomic E-state index is 0.0545. The van der Waals surface area contributed by atoms with Crippen LogP contribution in [0.1, 0.15) is 19.3 Å². The first kappa shape index (κ1) is 18.5. The van der Waals surface area contributed by atoms with E-state index in [0.717, 1.165) is 33.1 Å². The third-order valence-electron chi connectivity index (χ3n) is 3.77. The number of ether oxygens (including phenoxy) is 1. The van der Waals surface area contributed by atoms with Crippen LogP contribution in [0.25, 0.3) is 0 Å². The van der Waals surface area contributed by atoms with Crippen LogP contribution in [0.5, 0.6) is 5.75 Å². The van der Waals surface area contributed by atoms with E-state index in [0.29, 0.717) is 12.0 Å². The maximum atomic E-state index is 12.1. The van der Waals surface area contributed by atoms with E-state index in [2.05, 4.69) is 68.8 Å². The smallest absolute Gasteiger partial charge is 0.387 e. The van der Waals surface area contributed by atoms with E-state index in [9.17, 15) is 8.78 Å². The number of hydrogen-bond donors (Lipinski definition) is 2. The molecule has 0 aromatic carbocycles. The molecule has 1 aliphatic carbocycles.